The Morgan fingerprint density at radius 1 is 1.42 bits per heavy atom. The lowest BCUT2D eigenvalue weighted by Gasteiger charge is -2.31. The third-order valence-corrected chi connectivity index (χ3v) is 4.23. The van der Waals surface area contributed by atoms with E-state index in [-0.39, 0.29) is 37.6 Å². The van der Waals surface area contributed by atoms with E-state index in [1.165, 1.54) is 17.0 Å². The van der Waals surface area contributed by atoms with Gasteiger partial charge in [0.15, 0.2) is 6.10 Å². The molecule has 2 rings (SSSR count). The monoisotopic (exact) mass is 401 g/mol. The van der Waals surface area contributed by atoms with E-state index in [4.69, 9.17) is 10.5 Å². The number of nitrogens with one attached hydrogen (secondary N) is 1. The molecule has 0 aliphatic carbocycles. The fraction of sp³-hybridized carbons (Fsp3) is 0.400. The Hall–Kier alpha value is -2.00. The molecule has 1 aromatic rings. The second-order valence-electron chi connectivity index (χ2n) is 5.23. The Bertz CT molecular complexity index is 656. The van der Waals surface area contributed by atoms with Crippen LogP contribution in [0.3, 0.4) is 0 Å². The van der Waals surface area contributed by atoms with Gasteiger partial charge in [0.1, 0.15) is 5.82 Å². The van der Waals surface area contributed by atoms with Gasteiger partial charge in [-0.15, -0.1) is 0 Å². The van der Waals surface area contributed by atoms with Crippen molar-refractivity contribution in [2.75, 3.05) is 26.2 Å². The molecule has 1 saturated heterocycles. The Morgan fingerprint density at radius 3 is 2.88 bits per heavy atom. The molecule has 0 saturated carbocycles. The van der Waals surface area contributed by atoms with Crippen LogP contribution in [0.4, 0.5) is 4.39 Å². The summed E-state index contributed by atoms with van der Waals surface area (Å²) in [5.74, 6) is -1.84. The van der Waals surface area contributed by atoms with Crippen LogP contribution in [0.2, 0.25) is 0 Å². The van der Waals surface area contributed by atoms with Gasteiger partial charge in [-0.1, -0.05) is 0 Å². The predicted octanol–water partition coefficient (Wildman–Crippen LogP) is 0.421. The zero-order valence-electron chi connectivity index (χ0n) is 12.8. The average molecular weight is 402 g/mol. The first-order valence-electron chi connectivity index (χ1n) is 7.30. The Morgan fingerprint density at radius 2 is 2.17 bits per heavy atom. The van der Waals surface area contributed by atoms with Gasteiger partial charge in [0.25, 0.3) is 5.91 Å². The van der Waals surface area contributed by atoms with E-state index in [2.05, 4.69) is 21.2 Å². The van der Waals surface area contributed by atoms with Gasteiger partial charge in [-0.2, -0.15) is 0 Å². The number of halogens is 2. The molecule has 0 aromatic heterocycles. The number of ether oxygens (including phenoxy) is 1. The molecule has 1 unspecified atom stereocenters. The molecule has 1 aromatic carbocycles. The first-order valence-corrected chi connectivity index (χ1v) is 8.09. The third kappa shape index (κ3) is 4.75. The smallest absolute Gasteiger partial charge is 0.252 e. The van der Waals surface area contributed by atoms with Crippen molar-refractivity contribution >= 4 is 33.7 Å². The molecule has 0 bridgehead atoms. The summed E-state index contributed by atoms with van der Waals surface area (Å²) in [5, 5.41) is 2.56. The van der Waals surface area contributed by atoms with Crippen LogP contribution in [0.5, 0.6) is 0 Å². The summed E-state index contributed by atoms with van der Waals surface area (Å²) in [6.07, 6.45) is -0.745. The second kappa shape index (κ2) is 8.20. The van der Waals surface area contributed by atoms with E-state index in [1.807, 2.05) is 0 Å². The van der Waals surface area contributed by atoms with Crippen LogP contribution in [-0.4, -0.2) is 55.0 Å². The molecule has 1 heterocycles. The molecular formula is C15H17BrFN3O4. The van der Waals surface area contributed by atoms with Crippen molar-refractivity contribution in [3.63, 3.8) is 0 Å². The number of morpholine rings is 1. The third-order valence-electron chi connectivity index (χ3n) is 3.53. The van der Waals surface area contributed by atoms with E-state index in [9.17, 15) is 18.8 Å². The lowest BCUT2D eigenvalue weighted by molar-refractivity contribution is -0.145. The molecule has 0 radical (unpaired) electrons. The van der Waals surface area contributed by atoms with Crippen LogP contribution >= 0.6 is 15.9 Å². The maximum absolute atomic E-state index is 13.2. The van der Waals surface area contributed by atoms with Gasteiger partial charge in [0, 0.05) is 24.0 Å². The van der Waals surface area contributed by atoms with Crippen molar-refractivity contribution in [1.29, 1.82) is 0 Å². The fourth-order valence-corrected chi connectivity index (χ4v) is 2.68. The minimum atomic E-state index is -0.805. The van der Waals surface area contributed by atoms with Crippen LogP contribution in [0.1, 0.15) is 16.8 Å². The largest absolute Gasteiger partial charge is 0.367 e. The van der Waals surface area contributed by atoms with Crippen LogP contribution in [0.15, 0.2) is 22.7 Å². The van der Waals surface area contributed by atoms with Gasteiger partial charge in [-0.3, -0.25) is 14.4 Å². The standard InChI is InChI=1S/C15H17BrFN3O4/c16-11-2-1-9(17)7-10(11)15(23)19-4-3-13(21)20-5-6-24-12(8-20)14(18)22/h1-2,7,12H,3-6,8H2,(H2,18,22)(H,19,23). The zero-order valence-corrected chi connectivity index (χ0v) is 14.3. The second-order valence-corrected chi connectivity index (χ2v) is 6.09. The lowest BCUT2D eigenvalue weighted by Crippen LogP contribution is -2.50. The number of benzene rings is 1. The minimum absolute atomic E-state index is 0.0597. The highest BCUT2D eigenvalue weighted by Crippen LogP contribution is 2.17. The Balaban J connectivity index is 1.83. The molecule has 1 atom stereocenters. The highest BCUT2D eigenvalue weighted by atomic mass is 79.9. The molecule has 3 N–H and O–H groups in total. The summed E-state index contributed by atoms with van der Waals surface area (Å²) in [7, 11) is 0. The highest BCUT2D eigenvalue weighted by Gasteiger charge is 2.27. The summed E-state index contributed by atoms with van der Waals surface area (Å²) in [6, 6.07) is 3.78. The SMILES string of the molecule is NC(=O)C1CN(C(=O)CCNC(=O)c2cc(F)ccc2Br)CCO1. The van der Waals surface area contributed by atoms with E-state index in [1.54, 1.807) is 0 Å². The van der Waals surface area contributed by atoms with Crippen molar-refractivity contribution in [2.45, 2.75) is 12.5 Å². The van der Waals surface area contributed by atoms with Gasteiger partial charge in [0.05, 0.1) is 18.7 Å². The molecule has 1 fully saturated rings. The van der Waals surface area contributed by atoms with Gasteiger partial charge in [-0.25, -0.2) is 4.39 Å². The first kappa shape index (κ1) is 18.3. The normalized spacial score (nSPS) is 17.4. The number of rotatable bonds is 5. The minimum Gasteiger partial charge on any atom is -0.367 e. The Kier molecular flexibility index (Phi) is 6.27. The Labute approximate surface area is 146 Å². The van der Waals surface area contributed by atoms with E-state index >= 15 is 0 Å². The van der Waals surface area contributed by atoms with Crippen molar-refractivity contribution < 1.29 is 23.5 Å². The number of amides is 3. The molecule has 3 amide bonds. The summed E-state index contributed by atoms with van der Waals surface area (Å²) >= 11 is 3.17. The number of nitrogens with zero attached hydrogens (tertiary/aromatic N) is 1. The maximum Gasteiger partial charge on any atom is 0.252 e. The van der Waals surface area contributed by atoms with Gasteiger partial charge in [-0.05, 0) is 34.1 Å². The van der Waals surface area contributed by atoms with Crippen molar-refractivity contribution in [2.24, 2.45) is 5.73 Å². The summed E-state index contributed by atoms with van der Waals surface area (Å²) < 4.78 is 18.8. The first-order chi connectivity index (χ1) is 11.4. The number of hydrogen-bond donors (Lipinski definition) is 2. The zero-order chi connectivity index (χ0) is 17.7. The van der Waals surface area contributed by atoms with Crippen LogP contribution in [0.25, 0.3) is 0 Å². The molecule has 1 aliphatic rings. The quantitative estimate of drug-likeness (QED) is 0.746. The van der Waals surface area contributed by atoms with E-state index < -0.39 is 23.7 Å². The van der Waals surface area contributed by atoms with Gasteiger partial charge in [0.2, 0.25) is 11.8 Å². The molecule has 7 nitrogen and oxygen atoms in total. The number of hydrogen-bond acceptors (Lipinski definition) is 4. The predicted molar refractivity (Wildman–Crippen MR) is 86.6 cm³/mol. The molecular weight excluding hydrogens is 385 g/mol. The lowest BCUT2D eigenvalue weighted by atomic mass is 10.2. The molecule has 1 aliphatic heterocycles. The topological polar surface area (TPSA) is 102 Å². The number of nitrogens with two attached hydrogens (primary N) is 1. The molecule has 130 valence electrons. The van der Waals surface area contributed by atoms with E-state index in [0.717, 1.165) is 6.07 Å². The van der Waals surface area contributed by atoms with E-state index in [0.29, 0.717) is 11.0 Å². The van der Waals surface area contributed by atoms with Crippen LogP contribution in [-0.2, 0) is 14.3 Å². The highest BCUT2D eigenvalue weighted by molar-refractivity contribution is 9.10. The van der Waals surface area contributed by atoms with Crippen molar-refractivity contribution in [3.8, 4) is 0 Å². The van der Waals surface area contributed by atoms with Crippen molar-refractivity contribution in [3.05, 3.63) is 34.1 Å². The molecule has 0 spiro atoms. The van der Waals surface area contributed by atoms with Crippen molar-refractivity contribution in [1.82, 2.24) is 10.2 Å². The van der Waals surface area contributed by atoms with Crippen LogP contribution < -0.4 is 11.1 Å². The average Bonchev–Trinajstić information content (AvgIpc) is 2.56. The number of primary amides is 1. The van der Waals surface area contributed by atoms with Gasteiger partial charge < -0.3 is 20.7 Å². The molecule has 9 heteroatoms. The fourth-order valence-electron chi connectivity index (χ4n) is 2.26. The van der Waals surface area contributed by atoms with Gasteiger partial charge >= 0.3 is 0 Å². The summed E-state index contributed by atoms with van der Waals surface area (Å²) in [5.41, 5.74) is 5.32. The van der Waals surface area contributed by atoms with Crippen LogP contribution in [0, 0.1) is 5.82 Å². The molecule has 24 heavy (non-hydrogen) atoms. The summed E-state index contributed by atoms with van der Waals surface area (Å²) in [4.78, 5) is 36.7. The maximum atomic E-state index is 13.2. The summed E-state index contributed by atoms with van der Waals surface area (Å²) in [6.45, 7) is 0.810. The number of carbonyl (C=O) groups is 3. The number of carbonyl (C=O) groups excluding carboxylic acids is 3.